The normalized spacial score (nSPS) is 14.7. The smallest absolute Gasteiger partial charge is 0.341 e. The summed E-state index contributed by atoms with van der Waals surface area (Å²) < 4.78 is 2.25. The first-order valence-corrected chi connectivity index (χ1v) is 10.2. The largest absolute Gasteiger partial charge is 0.477 e. The molecule has 0 spiro atoms. The number of aromatic amines is 1. The molecule has 0 aliphatic carbocycles. The molecule has 1 aliphatic rings. The zero-order valence-corrected chi connectivity index (χ0v) is 17.2. The van der Waals surface area contributed by atoms with Crippen molar-refractivity contribution in [3.8, 4) is 11.3 Å². The van der Waals surface area contributed by atoms with Crippen LogP contribution in [0.4, 0.5) is 0 Å². The van der Waals surface area contributed by atoms with E-state index in [-0.39, 0.29) is 5.56 Å². The van der Waals surface area contributed by atoms with Gasteiger partial charge in [0.1, 0.15) is 5.56 Å². The van der Waals surface area contributed by atoms with Crippen LogP contribution in [0.3, 0.4) is 0 Å². The van der Waals surface area contributed by atoms with Crippen molar-refractivity contribution in [3.63, 3.8) is 0 Å². The molecule has 0 bridgehead atoms. The van der Waals surface area contributed by atoms with Gasteiger partial charge in [0.05, 0.1) is 5.69 Å². The Labute approximate surface area is 169 Å². The molecule has 6 nitrogen and oxygen atoms in total. The number of H-pyrrole nitrogens is 1. The lowest BCUT2D eigenvalue weighted by Gasteiger charge is -2.15. The van der Waals surface area contributed by atoms with E-state index in [1.54, 1.807) is 0 Å². The lowest BCUT2D eigenvalue weighted by atomic mass is 9.97. The third-order valence-electron chi connectivity index (χ3n) is 6.08. The van der Waals surface area contributed by atoms with Gasteiger partial charge in [-0.1, -0.05) is 6.92 Å². The predicted octanol–water partition coefficient (Wildman–Crippen LogP) is 3.70. The molecule has 1 aromatic carbocycles. The summed E-state index contributed by atoms with van der Waals surface area (Å²) in [6.45, 7) is 7.26. The molecule has 4 rings (SSSR count). The van der Waals surface area contributed by atoms with Gasteiger partial charge in [0.25, 0.3) is 5.56 Å². The van der Waals surface area contributed by atoms with E-state index >= 15 is 0 Å². The number of likely N-dealkylation sites (tertiary alicyclic amines) is 1. The number of aromatic nitrogens is 2. The van der Waals surface area contributed by atoms with E-state index in [4.69, 9.17) is 0 Å². The number of benzene rings is 1. The van der Waals surface area contributed by atoms with Crippen molar-refractivity contribution in [2.24, 2.45) is 7.05 Å². The number of hydrogen-bond donors (Lipinski definition) is 2. The molecule has 1 saturated heterocycles. The standard InChI is InChI=1S/C23H27N3O3/c1-4-15-11-19(23(28)29)22(27)24-21(15)18-12-16-10-17(13-26-7-5-6-8-26)25(3)20(16)9-14(18)2/h9-12H,4-8,13H2,1-3H3,(H,24,27)(H,28,29). The number of pyridine rings is 1. The van der Waals surface area contributed by atoms with Crippen molar-refractivity contribution in [1.82, 2.24) is 14.5 Å². The number of aromatic carboxylic acids is 1. The quantitative estimate of drug-likeness (QED) is 0.693. The topological polar surface area (TPSA) is 78.3 Å². The minimum atomic E-state index is -1.20. The Morgan fingerprint density at radius 3 is 2.55 bits per heavy atom. The minimum Gasteiger partial charge on any atom is -0.477 e. The number of aryl methyl sites for hydroxylation is 3. The van der Waals surface area contributed by atoms with Crippen molar-refractivity contribution >= 4 is 16.9 Å². The van der Waals surface area contributed by atoms with Gasteiger partial charge in [-0.15, -0.1) is 0 Å². The van der Waals surface area contributed by atoms with Crippen LogP contribution >= 0.6 is 0 Å². The van der Waals surface area contributed by atoms with Gasteiger partial charge in [-0.25, -0.2) is 4.79 Å². The third-order valence-corrected chi connectivity index (χ3v) is 6.08. The van der Waals surface area contributed by atoms with Crippen molar-refractivity contribution in [3.05, 3.63) is 57.0 Å². The molecular formula is C23H27N3O3. The molecule has 0 unspecified atom stereocenters. The zero-order valence-electron chi connectivity index (χ0n) is 17.2. The Balaban J connectivity index is 1.82. The van der Waals surface area contributed by atoms with Crippen LogP contribution in [-0.2, 0) is 20.0 Å². The monoisotopic (exact) mass is 393 g/mol. The van der Waals surface area contributed by atoms with E-state index in [1.165, 1.54) is 30.1 Å². The van der Waals surface area contributed by atoms with Gasteiger partial charge in [-0.05, 0) is 74.7 Å². The molecule has 0 amide bonds. The van der Waals surface area contributed by atoms with Crippen LogP contribution < -0.4 is 5.56 Å². The summed E-state index contributed by atoms with van der Waals surface area (Å²) in [7, 11) is 2.11. The zero-order chi connectivity index (χ0) is 20.7. The highest BCUT2D eigenvalue weighted by atomic mass is 16.4. The number of nitrogens with one attached hydrogen (secondary N) is 1. The van der Waals surface area contributed by atoms with Crippen LogP contribution in [-0.4, -0.2) is 38.6 Å². The third kappa shape index (κ3) is 3.49. The summed E-state index contributed by atoms with van der Waals surface area (Å²) in [5.74, 6) is -1.20. The summed E-state index contributed by atoms with van der Waals surface area (Å²) in [6, 6.07) is 8.00. The summed E-state index contributed by atoms with van der Waals surface area (Å²) in [4.78, 5) is 29.0. The first-order valence-electron chi connectivity index (χ1n) is 10.2. The fourth-order valence-electron chi connectivity index (χ4n) is 4.39. The maximum Gasteiger partial charge on any atom is 0.341 e. The Bertz CT molecular complexity index is 1150. The Kier molecular flexibility index (Phi) is 5.04. The Morgan fingerprint density at radius 2 is 1.90 bits per heavy atom. The van der Waals surface area contributed by atoms with Gasteiger partial charge in [0.15, 0.2) is 0 Å². The van der Waals surface area contributed by atoms with Gasteiger partial charge >= 0.3 is 5.97 Å². The average molecular weight is 393 g/mol. The van der Waals surface area contributed by atoms with Crippen LogP contribution in [0.15, 0.2) is 29.1 Å². The lowest BCUT2D eigenvalue weighted by Crippen LogP contribution is -2.19. The van der Waals surface area contributed by atoms with E-state index in [9.17, 15) is 14.7 Å². The molecule has 2 aromatic heterocycles. The molecule has 6 heteroatoms. The van der Waals surface area contributed by atoms with Gasteiger partial charge < -0.3 is 14.7 Å². The van der Waals surface area contributed by atoms with Crippen LogP contribution in [0.1, 0.15) is 46.9 Å². The second kappa shape index (κ2) is 7.52. The number of rotatable bonds is 5. The lowest BCUT2D eigenvalue weighted by molar-refractivity contribution is 0.0695. The molecule has 152 valence electrons. The van der Waals surface area contributed by atoms with Crippen LogP contribution in [0, 0.1) is 6.92 Å². The van der Waals surface area contributed by atoms with Crippen LogP contribution in [0.2, 0.25) is 0 Å². The highest BCUT2D eigenvalue weighted by Crippen LogP contribution is 2.31. The van der Waals surface area contributed by atoms with E-state index in [1.807, 2.05) is 13.8 Å². The number of carbonyl (C=O) groups is 1. The van der Waals surface area contributed by atoms with E-state index in [0.29, 0.717) is 12.1 Å². The maximum absolute atomic E-state index is 12.3. The van der Waals surface area contributed by atoms with E-state index in [0.717, 1.165) is 41.7 Å². The molecule has 29 heavy (non-hydrogen) atoms. The number of carboxylic acids is 1. The molecule has 0 atom stereocenters. The first kappa shape index (κ1) is 19.5. The second-order valence-corrected chi connectivity index (χ2v) is 7.97. The predicted molar refractivity (Wildman–Crippen MR) is 115 cm³/mol. The van der Waals surface area contributed by atoms with E-state index < -0.39 is 11.5 Å². The molecule has 0 radical (unpaired) electrons. The minimum absolute atomic E-state index is 0.211. The van der Waals surface area contributed by atoms with Crippen molar-refractivity contribution in [2.75, 3.05) is 13.1 Å². The van der Waals surface area contributed by atoms with Crippen molar-refractivity contribution < 1.29 is 9.90 Å². The fraction of sp³-hybridized carbons (Fsp3) is 0.391. The number of fused-ring (bicyclic) bond motifs is 1. The molecule has 2 N–H and O–H groups in total. The molecular weight excluding hydrogens is 366 g/mol. The molecule has 3 aromatic rings. The SMILES string of the molecule is CCc1cc(C(=O)O)c(=O)[nH]c1-c1cc2cc(CN3CCCC3)n(C)c2cc1C. The second-order valence-electron chi connectivity index (χ2n) is 7.97. The maximum atomic E-state index is 12.3. The average Bonchev–Trinajstić information content (AvgIpc) is 3.30. The van der Waals surface area contributed by atoms with Crippen LogP contribution in [0.25, 0.3) is 22.2 Å². The first-order chi connectivity index (χ1) is 13.9. The van der Waals surface area contributed by atoms with Crippen molar-refractivity contribution in [2.45, 2.75) is 39.7 Å². The highest BCUT2D eigenvalue weighted by Gasteiger charge is 2.18. The van der Waals surface area contributed by atoms with E-state index in [2.05, 4.69) is 39.7 Å². The van der Waals surface area contributed by atoms with Gasteiger partial charge in [-0.3, -0.25) is 9.69 Å². The summed E-state index contributed by atoms with van der Waals surface area (Å²) in [5.41, 5.74) is 5.22. The Morgan fingerprint density at radius 1 is 1.17 bits per heavy atom. The Hall–Kier alpha value is -2.86. The summed E-state index contributed by atoms with van der Waals surface area (Å²) in [6.07, 6.45) is 3.18. The van der Waals surface area contributed by atoms with Gasteiger partial charge in [0, 0.05) is 35.8 Å². The molecule has 3 heterocycles. The van der Waals surface area contributed by atoms with Gasteiger partial charge in [0.2, 0.25) is 0 Å². The number of carboxylic acid groups (broad SMARTS) is 1. The summed E-state index contributed by atoms with van der Waals surface area (Å²) in [5, 5.41) is 10.4. The fourth-order valence-corrected chi connectivity index (χ4v) is 4.39. The molecule has 1 aliphatic heterocycles. The molecule has 1 fully saturated rings. The van der Waals surface area contributed by atoms with Crippen LogP contribution in [0.5, 0.6) is 0 Å². The molecule has 0 saturated carbocycles. The van der Waals surface area contributed by atoms with Gasteiger partial charge in [-0.2, -0.15) is 0 Å². The number of hydrogen-bond acceptors (Lipinski definition) is 3. The summed E-state index contributed by atoms with van der Waals surface area (Å²) >= 11 is 0. The van der Waals surface area contributed by atoms with Crippen molar-refractivity contribution in [1.29, 1.82) is 0 Å². The highest BCUT2D eigenvalue weighted by molar-refractivity contribution is 5.90. The number of nitrogens with zero attached hydrogens (tertiary/aromatic N) is 2.